The normalized spacial score (nSPS) is 15.0. The zero-order chi connectivity index (χ0) is 20.4. The smallest absolute Gasteiger partial charge is 0.262 e. The van der Waals surface area contributed by atoms with Gasteiger partial charge in [-0.05, 0) is 66.1 Å². The lowest BCUT2D eigenvalue weighted by atomic mass is 10.1. The van der Waals surface area contributed by atoms with Crippen LogP contribution in [0.15, 0.2) is 88.9 Å². The number of benzene rings is 3. The highest BCUT2D eigenvalue weighted by molar-refractivity contribution is 9.10. The van der Waals surface area contributed by atoms with Crippen LogP contribution < -0.4 is 9.64 Å². The van der Waals surface area contributed by atoms with Gasteiger partial charge in [0, 0.05) is 10.0 Å². The predicted octanol–water partition coefficient (Wildman–Crippen LogP) is 6.24. The van der Waals surface area contributed by atoms with Crippen LogP contribution in [0.5, 0.6) is 5.75 Å². The first-order valence-electron chi connectivity index (χ1n) is 9.30. The maximum absolute atomic E-state index is 13.4. The molecule has 29 heavy (non-hydrogen) atoms. The molecule has 144 valence electrons. The van der Waals surface area contributed by atoms with Crippen molar-refractivity contribution in [1.82, 2.24) is 0 Å². The molecule has 4 heteroatoms. The van der Waals surface area contributed by atoms with E-state index in [4.69, 9.17) is 4.74 Å². The molecule has 1 amide bonds. The van der Waals surface area contributed by atoms with Crippen LogP contribution in [0, 0.1) is 6.92 Å². The second kappa shape index (κ2) is 8.10. The Kier molecular flexibility index (Phi) is 5.36. The van der Waals surface area contributed by atoms with E-state index in [9.17, 15) is 4.79 Å². The first-order valence-corrected chi connectivity index (χ1v) is 10.1. The van der Waals surface area contributed by atoms with E-state index in [0.717, 1.165) is 38.3 Å². The fourth-order valence-electron chi connectivity index (χ4n) is 3.43. The molecule has 1 aliphatic rings. The molecule has 4 rings (SSSR count). The number of halogens is 1. The molecular weight excluding hydrogens is 426 g/mol. The molecule has 0 fully saturated rings. The number of nitrogens with zero attached hydrogens (tertiary/aromatic N) is 1. The molecule has 0 aromatic heterocycles. The van der Waals surface area contributed by atoms with Gasteiger partial charge in [0.1, 0.15) is 5.75 Å². The lowest BCUT2D eigenvalue weighted by Gasteiger charge is -2.23. The number of hydrogen-bond donors (Lipinski definition) is 0. The first kappa shape index (κ1) is 19.2. The zero-order valence-electron chi connectivity index (χ0n) is 16.2. The van der Waals surface area contributed by atoms with Gasteiger partial charge >= 0.3 is 0 Å². The molecule has 1 aliphatic heterocycles. The number of hydrogen-bond acceptors (Lipinski definition) is 2. The molecule has 3 nitrogen and oxygen atoms in total. The molecule has 0 N–H and O–H groups in total. The van der Waals surface area contributed by atoms with Crippen molar-refractivity contribution < 1.29 is 9.53 Å². The highest BCUT2D eigenvalue weighted by Crippen LogP contribution is 2.37. The SMILES string of the molecule is COc1ccc(/C=C2\C=C(c3ccccc3)N(c3ccc(Br)cc3C)C2=O)cc1. The number of methoxy groups -OCH3 is 1. The number of ether oxygens (including phenoxy) is 1. The Morgan fingerprint density at radius 3 is 2.34 bits per heavy atom. The lowest BCUT2D eigenvalue weighted by molar-refractivity contribution is -0.113. The Bertz CT molecular complexity index is 1120. The third-order valence-electron chi connectivity index (χ3n) is 4.89. The van der Waals surface area contributed by atoms with Gasteiger partial charge in [-0.25, -0.2) is 0 Å². The molecule has 1 heterocycles. The fraction of sp³-hybridized carbons (Fsp3) is 0.0800. The third kappa shape index (κ3) is 3.89. The van der Waals surface area contributed by atoms with Crippen LogP contribution in [0.1, 0.15) is 16.7 Å². The molecule has 0 bridgehead atoms. The summed E-state index contributed by atoms with van der Waals surface area (Å²) in [6.45, 7) is 2.02. The minimum Gasteiger partial charge on any atom is -0.497 e. The van der Waals surface area contributed by atoms with E-state index < -0.39 is 0 Å². The van der Waals surface area contributed by atoms with E-state index in [2.05, 4.69) is 15.9 Å². The van der Waals surface area contributed by atoms with Crippen LogP contribution in [0.3, 0.4) is 0 Å². The van der Waals surface area contributed by atoms with Crippen molar-refractivity contribution in [3.63, 3.8) is 0 Å². The molecule has 0 radical (unpaired) electrons. The van der Waals surface area contributed by atoms with Gasteiger partial charge in [-0.3, -0.25) is 9.69 Å². The quantitative estimate of drug-likeness (QED) is 0.444. The van der Waals surface area contributed by atoms with Crippen LogP contribution in [-0.4, -0.2) is 13.0 Å². The highest BCUT2D eigenvalue weighted by Gasteiger charge is 2.31. The summed E-state index contributed by atoms with van der Waals surface area (Å²) in [4.78, 5) is 15.2. The zero-order valence-corrected chi connectivity index (χ0v) is 17.8. The Balaban J connectivity index is 1.81. The van der Waals surface area contributed by atoms with Crippen molar-refractivity contribution in [1.29, 1.82) is 0 Å². The molecule has 0 atom stereocenters. The van der Waals surface area contributed by atoms with Crippen molar-refractivity contribution in [3.8, 4) is 5.75 Å². The topological polar surface area (TPSA) is 29.5 Å². The molecular formula is C25H20BrNO2. The van der Waals surface area contributed by atoms with Gasteiger partial charge in [0.15, 0.2) is 0 Å². The number of carbonyl (C=O) groups is 1. The van der Waals surface area contributed by atoms with Gasteiger partial charge < -0.3 is 4.74 Å². The number of carbonyl (C=O) groups excluding carboxylic acids is 1. The Morgan fingerprint density at radius 1 is 0.966 bits per heavy atom. The standard InChI is InChI=1S/C25H20BrNO2/c1-17-14-21(26)10-13-23(17)27-24(19-6-4-3-5-7-19)16-20(25(27)28)15-18-8-11-22(29-2)12-9-18/h3-16H,1-2H3/b20-15+. The molecule has 0 spiro atoms. The Morgan fingerprint density at radius 2 is 1.69 bits per heavy atom. The summed E-state index contributed by atoms with van der Waals surface area (Å²) >= 11 is 3.51. The molecule has 0 aliphatic carbocycles. The summed E-state index contributed by atoms with van der Waals surface area (Å²) < 4.78 is 6.21. The Labute approximate surface area is 179 Å². The summed E-state index contributed by atoms with van der Waals surface area (Å²) in [6.07, 6.45) is 3.88. The van der Waals surface area contributed by atoms with Crippen molar-refractivity contribution in [2.45, 2.75) is 6.92 Å². The van der Waals surface area contributed by atoms with Crippen LogP contribution in [0.4, 0.5) is 5.69 Å². The number of amides is 1. The average Bonchev–Trinajstić information content (AvgIpc) is 3.05. The van der Waals surface area contributed by atoms with E-state index in [-0.39, 0.29) is 5.91 Å². The molecule has 0 unspecified atom stereocenters. The van der Waals surface area contributed by atoms with Crippen LogP contribution >= 0.6 is 15.9 Å². The second-order valence-electron chi connectivity index (χ2n) is 6.84. The maximum atomic E-state index is 13.4. The van der Waals surface area contributed by atoms with Crippen molar-refractivity contribution in [2.24, 2.45) is 0 Å². The van der Waals surface area contributed by atoms with Gasteiger partial charge in [-0.1, -0.05) is 58.4 Å². The number of rotatable bonds is 4. The van der Waals surface area contributed by atoms with E-state index in [1.807, 2.05) is 91.9 Å². The van der Waals surface area contributed by atoms with Gasteiger partial charge in [0.2, 0.25) is 0 Å². The largest absolute Gasteiger partial charge is 0.497 e. The van der Waals surface area contributed by atoms with Crippen molar-refractivity contribution in [3.05, 3.63) is 106 Å². The van der Waals surface area contributed by atoms with Gasteiger partial charge in [0.05, 0.1) is 18.5 Å². The summed E-state index contributed by atoms with van der Waals surface area (Å²) in [6, 6.07) is 23.6. The summed E-state index contributed by atoms with van der Waals surface area (Å²) in [7, 11) is 1.64. The molecule has 0 saturated heterocycles. The van der Waals surface area contributed by atoms with Crippen molar-refractivity contribution in [2.75, 3.05) is 12.0 Å². The third-order valence-corrected chi connectivity index (χ3v) is 5.38. The van der Waals surface area contributed by atoms with E-state index in [1.54, 1.807) is 12.0 Å². The molecule has 0 saturated carbocycles. The monoisotopic (exact) mass is 445 g/mol. The van der Waals surface area contributed by atoms with E-state index in [0.29, 0.717) is 5.57 Å². The maximum Gasteiger partial charge on any atom is 0.262 e. The minimum atomic E-state index is -0.0370. The van der Waals surface area contributed by atoms with Gasteiger partial charge in [-0.15, -0.1) is 0 Å². The predicted molar refractivity (Wildman–Crippen MR) is 122 cm³/mol. The minimum absolute atomic E-state index is 0.0370. The van der Waals surface area contributed by atoms with E-state index >= 15 is 0 Å². The fourth-order valence-corrected chi connectivity index (χ4v) is 3.90. The molecule has 3 aromatic carbocycles. The van der Waals surface area contributed by atoms with Gasteiger partial charge in [0.25, 0.3) is 5.91 Å². The summed E-state index contributed by atoms with van der Waals surface area (Å²) in [5.41, 5.74) is 5.39. The van der Waals surface area contributed by atoms with Crippen LogP contribution in [-0.2, 0) is 4.79 Å². The van der Waals surface area contributed by atoms with Crippen LogP contribution in [0.2, 0.25) is 0 Å². The Hall–Kier alpha value is -3.11. The second-order valence-corrected chi connectivity index (χ2v) is 7.76. The van der Waals surface area contributed by atoms with E-state index in [1.165, 1.54) is 0 Å². The highest BCUT2D eigenvalue weighted by atomic mass is 79.9. The summed E-state index contributed by atoms with van der Waals surface area (Å²) in [5.74, 6) is 0.752. The number of anilines is 1. The first-order chi connectivity index (χ1) is 14.1. The molecule has 3 aromatic rings. The van der Waals surface area contributed by atoms with Gasteiger partial charge in [-0.2, -0.15) is 0 Å². The number of aryl methyl sites for hydroxylation is 1. The lowest BCUT2D eigenvalue weighted by Crippen LogP contribution is -2.25. The van der Waals surface area contributed by atoms with Crippen molar-refractivity contribution >= 4 is 39.3 Å². The summed E-state index contributed by atoms with van der Waals surface area (Å²) in [5, 5.41) is 0. The average molecular weight is 446 g/mol. The van der Waals surface area contributed by atoms with Crippen LogP contribution in [0.25, 0.3) is 11.8 Å².